The van der Waals surface area contributed by atoms with Crippen LogP contribution in [0.1, 0.15) is 5.56 Å². The Morgan fingerprint density at radius 3 is 3.10 bits per heavy atom. The molecular formula is C8H6NO. The van der Waals surface area contributed by atoms with Crippen LogP contribution in [0, 0.1) is 0 Å². The Balaban J connectivity index is 2.60. The van der Waals surface area contributed by atoms with Crippen molar-refractivity contribution >= 4 is 11.8 Å². The molecule has 1 aromatic rings. The molecule has 2 rings (SSSR count). The minimum Gasteiger partial charge on any atom is -0.508 e. The predicted molar refractivity (Wildman–Crippen MR) is 38.9 cm³/mol. The minimum atomic E-state index is 0.292. The first-order valence-corrected chi connectivity index (χ1v) is 3.07. The van der Waals surface area contributed by atoms with Crippen LogP contribution in [0.2, 0.25) is 0 Å². The van der Waals surface area contributed by atoms with Crippen molar-refractivity contribution in [3.8, 4) is 5.75 Å². The Morgan fingerprint density at radius 2 is 2.20 bits per heavy atom. The SMILES string of the molecule is Oc1ccc2c(c1)C=C[N]2. The minimum absolute atomic E-state index is 0.292. The summed E-state index contributed by atoms with van der Waals surface area (Å²) in [6.07, 6.45) is 3.60. The van der Waals surface area contributed by atoms with Gasteiger partial charge in [-0.15, -0.1) is 0 Å². The van der Waals surface area contributed by atoms with Gasteiger partial charge in [-0.3, -0.25) is 5.32 Å². The van der Waals surface area contributed by atoms with Gasteiger partial charge in [-0.25, -0.2) is 0 Å². The maximum atomic E-state index is 9.02. The summed E-state index contributed by atoms with van der Waals surface area (Å²) in [6, 6.07) is 5.13. The van der Waals surface area contributed by atoms with Gasteiger partial charge >= 0.3 is 0 Å². The van der Waals surface area contributed by atoms with E-state index in [0.717, 1.165) is 11.3 Å². The van der Waals surface area contributed by atoms with Gasteiger partial charge in [0.25, 0.3) is 0 Å². The monoisotopic (exact) mass is 132 g/mol. The summed E-state index contributed by atoms with van der Waals surface area (Å²) >= 11 is 0. The topological polar surface area (TPSA) is 34.3 Å². The fourth-order valence-corrected chi connectivity index (χ4v) is 0.991. The fraction of sp³-hybridized carbons (Fsp3) is 0. The number of phenols is 1. The first-order chi connectivity index (χ1) is 4.86. The van der Waals surface area contributed by atoms with Crippen LogP contribution in [-0.2, 0) is 0 Å². The summed E-state index contributed by atoms with van der Waals surface area (Å²) in [5.74, 6) is 0.292. The Bertz CT molecular complexity index is 291. The maximum Gasteiger partial charge on any atom is 0.116 e. The van der Waals surface area contributed by atoms with E-state index in [0.29, 0.717) is 5.75 Å². The van der Waals surface area contributed by atoms with Crippen molar-refractivity contribution in [1.29, 1.82) is 0 Å². The van der Waals surface area contributed by atoms with Crippen molar-refractivity contribution in [2.45, 2.75) is 0 Å². The van der Waals surface area contributed by atoms with Crippen molar-refractivity contribution in [3.63, 3.8) is 0 Å². The highest BCUT2D eigenvalue weighted by atomic mass is 16.3. The quantitative estimate of drug-likeness (QED) is 0.571. The molecule has 0 saturated heterocycles. The second-order valence-electron chi connectivity index (χ2n) is 2.19. The fourth-order valence-electron chi connectivity index (χ4n) is 0.991. The van der Waals surface area contributed by atoms with E-state index in [-0.39, 0.29) is 0 Å². The van der Waals surface area contributed by atoms with E-state index in [1.54, 1.807) is 24.4 Å². The van der Waals surface area contributed by atoms with Gasteiger partial charge in [0.15, 0.2) is 0 Å². The molecule has 0 atom stereocenters. The van der Waals surface area contributed by atoms with E-state index >= 15 is 0 Å². The highest BCUT2D eigenvalue weighted by molar-refractivity contribution is 5.70. The van der Waals surface area contributed by atoms with Gasteiger partial charge in [-0.2, -0.15) is 0 Å². The zero-order chi connectivity index (χ0) is 6.97. The lowest BCUT2D eigenvalue weighted by Crippen LogP contribution is -1.79. The smallest absolute Gasteiger partial charge is 0.116 e. The van der Waals surface area contributed by atoms with Crippen LogP contribution < -0.4 is 5.32 Å². The summed E-state index contributed by atoms with van der Waals surface area (Å²) in [6.45, 7) is 0. The summed E-state index contributed by atoms with van der Waals surface area (Å²) in [4.78, 5) is 0. The number of phenolic OH excluding ortho intramolecular Hbond substituents is 1. The average molecular weight is 132 g/mol. The molecule has 0 aliphatic carbocycles. The van der Waals surface area contributed by atoms with Crippen LogP contribution in [-0.4, -0.2) is 5.11 Å². The van der Waals surface area contributed by atoms with Gasteiger partial charge in [0.05, 0.1) is 5.69 Å². The molecule has 0 saturated carbocycles. The van der Waals surface area contributed by atoms with Gasteiger partial charge in [-0.1, -0.05) is 0 Å². The van der Waals surface area contributed by atoms with Crippen molar-refractivity contribution in [2.24, 2.45) is 0 Å². The molecule has 0 amide bonds. The molecule has 0 unspecified atom stereocenters. The average Bonchev–Trinajstić information content (AvgIpc) is 2.33. The molecule has 0 bridgehead atoms. The third kappa shape index (κ3) is 0.658. The molecule has 0 aromatic heterocycles. The number of hydrogen-bond donors (Lipinski definition) is 1. The van der Waals surface area contributed by atoms with Crippen molar-refractivity contribution < 1.29 is 5.11 Å². The standard InChI is InChI=1S/C8H6NO/c10-7-1-2-8-6(5-7)3-4-9-8/h1-5,10H. The Hall–Kier alpha value is -1.44. The third-order valence-corrected chi connectivity index (χ3v) is 1.48. The van der Waals surface area contributed by atoms with Gasteiger partial charge in [0, 0.05) is 11.8 Å². The van der Waals surface area contributed by atoms with E-state index in [1.807, 2.05) is 6.08 Å². The molecule has 10 heavy (non-hydrogen) atoms. The normalized spacial score (nSPS) is 12.8. The molecule has 0 fully saturated rings. The molecule has 49 valence electrons. The largest absolute Gasteiger partial charge is 0.508 e. The lowest BCUT2D eigenvalue weighted by atomic mass is 10.2. The van der Waals surface area contributed by atoms with E-state index in [4.69, 9.17) is 5.11 Å². The molecule has 1 radical (unpaired) electrons. The lowest BCUT2D eigenvalue weighted by Gasteiger charge is -1.96. The summed E-state index contributed by atoms with van der Waals surface area (Å²) in [7, 11) is 0. The number of nitrogens with zero attached hydrogens (tertiary/aromatic N) is 1. The molecule has 1 N–H and O–H groups in total. The van der Waals surface area contributed by atoms with Gasteiger partial charge < -0.3 is 5.11 Å². The van der Waals surface area contributed by atoms with E-state index in [1.165, 1.54) is 0 Å². The molecular weight excluding hydrogens is 126 g/mol. The molecule has 1 aliphatic rings. The lowest BCUT2D eigenvalue weighted by molar-refractivity contribution is 0.475. The zero-order valence-electron chi connectivity index (χ0n) is 5.28. The first kappa shape index (κ1) is 5.35. The Kier molecular flexibility index (Phi) is 0.947. The zero-order valence-corrected chi connectivity index (χ0v) is 5.28. The number of hydrogen-bond acceptors (Lipinski definition) is 1. The van der Waals surface area contributed by atoms with Crippen molar-refractivity contribution in [3.05, 3.63) is 30.0 Å². The highest BCUT2D eigenvalue weighted by Gasteiger charge is 2.04. The second kappa shape index (κ2) is 1.77. The molecule has 2 heteroatoms. The molecule has 1 heterocycles. The molecule has 1 aliphatic heterocycles. The maximum absolute atomic E-state index is 9.02. The first-order valence-electron chi connectivity index (χ1n) is 3.07. The summed E-state index contributed by atoms with van der Waals surface area (Å²) in [5, 5.41) is 13.1. The van der Waals surface area contributed by atoms with Crippen LogP contribution in [0.15, 0.2) is 24.4 Å². The van der Waals surface area contributed by atoms with E-state index in [9.17, 15) is 0 Å². The van der Waals surface area contributed by atoms with Crippen LogP contribution >= 0.6 is 0 Å². The molecule has 0 spiro atoms. The Morgan fingerprint density at radius 1 is 1.30 bits per heavy atom. The van der Waals surface area contributed by atoms with Gasteiger partial charge in [0.1, 0.15) is 5.75 Å². The number of rotatable bonds is 0. The van der Waals surface area contributed by atoms with E-state index < -0.39 is 0 Å². The van der Waals surface area contributed by atoms with Crippen LogP contribution in [0.25, 0.3) is 6.08 Å². The van der Waals surface area contributed by atoms with E-state index in [2.05, 4.69) is 5.32 Å². The highest BCUT2D eigenvalue weighted by Crippen LogP contribution is 2.26. The van der Waals surface area contributed by atoms with Gasteiger partial charge in [0.2, 0.25) is 0 Å². The second-order valence-corrected chi connectivity index (χ2v) is 2.19. The summed E-state index contributed by atoms with van der Waals surface area (Å²) in [5.41, 5.74) is 1.91. The van der Waals surface area contributed by atoms with Gasteiger partial charge in [-0.05, 0) is 24.3 Å². The molecule has 1 aromatic carbocycles. The number of benzene rings is 1. The Labute approximate surface area is 58.8 Å². The number of fused-ring (bicyclic) bond motifs is 1. The van der Waals surface area contributed by atoms with Crippen molar-refractivity contribution in [1.82, 2.24) is 5.32 Å². The summed E-state index contributed by atoms with van der Waals surface area (Å²) < 4.78 is 0. The van der Waals surface area contributed by atoms with Crippen LogP contribution in [0.4, 0.5) is 5.69 Å². The third-order valence-electron chi connectivity index (χ3n) is 1.48. The van der Waals surface area contributed by atoms with Crippen LogP contribution in [0.5, 0.6) is 5.75 Å². The predicted octanol–water partition coefficient (Wildman–Crippen LogP) is 1.61. The molecule has 2 nitrogen and oxygen atoms in total. The van der Waals surface area contributed by atoms with Crippen molar-refractivity contribution in [2.75, 3.05) is 0 Å². The van der Waals surface area contributed by atoms with Crippen LogP contribution in [0.3, 0.4) is 0 Å². The number of aromatic hydroxyl groups is 1.